The Labute approximate surface area is 101 Å². The lowest BCUT2D eigenvalue weighted by atomic mass is 10.2. The van der Waals surface area contributed by atoms with Gasteiger partial charge in [-0.2, -0.15) is 0 Å². The fourth-order valence-electron chi connectivity index (χ4n) is 1.02. The second-order valence-electron chi connectivity index (χ2n) is 4.68. The molecule has 0 aliphatic heterocycles. The molecule has 1 aromatic rings. The Morgan fingerprint density at radius 1 is 1.24 bits per heavy atom. The quantitative estimate of drug-likeness (QED) is 0.843. The predicted molar refractivity (Wildman–Crippen MR) is 63.0 cm³/mol. The molecular formula is C11H16FNO3S. The summed E-state index contributed by atoms with van der Waals surface area (Å²) in [6.07, 6.45) is 0. The summed E-state index contributed by atoms with van der Waals surface area (Å²) in [5.41, 5.74) is -0.105. The van der Waals surface area contributed by atoms with Crippen LogP contribution in [0.15, 0.2) is 24.3 Å². The molecule has 1 aromatic carbocycles. The lowest BCUT2D eigenvalue weighted by molar-refractivity contribution is -0.0358. The van der Waals surface area contributed by atoms with Gasteiger partial charge in [0.2, 0.25) is 10.0 Å². The van der Waals surface area contributed by atoms with Crippen molar-refractivity contribution < 1.29 is 17.6 Å². The molecule has 0 amide bonds. The first-order chi connectivity index (χ1) is 7.68. The van der Waals surface area contributed by atoms with Crippen molar-refractivity contribution in [3.05, 3.63) is 35.6 Å². The molecule has 17 heavy (non-hydrogen) atoms. The van der Waals surface area contributed by atoms with Gasteiger partial charge in [-0.3, -0.25) is 4.84 Å². The maximum absolute atomic E-state index is 12.6. The van der Waals surface area contributed by atoms with E-state index in [-0.39, 0.29) is 5.75 Å². The van der Waals surface area contributed by atoms with E-state index in [4.69, 9.17) is 4.84 Å². The van der Waals surface area contributed by atoms with Crippen LogP contribution in [0.5, 0.6) is 0 Å². The molecule has 6 heteroatoms. The van der Waals surface area contributed by atoms with Gasteiger partial charge in [0.05, 0.1) is 11.4 Å². The van der Waals surface area contributed by atoms with Gasteiger partial charge in [-0.15, -0.1) is 0 Å². The summed E-state index contributed by atoms with van der Waals surface area (Å²) in [6, 6.07) is 5.28. The molecule has 0 radical (unpaired) electrons. The van der Waals surface area contributed by atoms with Crippen LogP contribution < -0.4 is 4.89 Å². The Morgan fingerprint density at radius 2 is 1.76 bits per heavy atom. The molecule has 0 aliphatic rings. The molecule has 0 aromatic heterocycles. The third-order valence-corrected chi connectivity index (χ3v) is 2.80. The van der Waals surface area contributed by atoms with Crippen molar-refractivity contribution >= 4 is 10.0 Å². The minimum atomic E-state index is -3.58. The van der Waals surface area contributed by atoms with Crippen LogP contribution in [0.1, 0.15) is 26.3 Å². The number of rotatable bonds is 4. The molecule has 0 atom stereocenters. The van der Waals surface area contributed by atoms with Gasteiger partial charge in [0.1, 0.15) is 5.82 Å². The molecule has 0 unspecified atom stereocenters. The van der Waals surface area contributed by atoms with Crippen LogP contribution in [-0.4, -0.2) is 14.0 Å². The number of hydrogen-bond acceptors (Lipinski definition) is 3. The SMILES string of the molecule is CC(C)(C)ONS(=O)(=O)Cc1ccc(F)cc1. The molecule has 4 nitrogen and oxygen atoms in total. The monoisotopic (exact) mass is 261 g/mol. The van der Waals surface area contributed by atoms with E-state index in [0.717, 1.165) is 0 Å². The van der Waals surface area contributed by atoms with Gasteiger partial charge in [-0.25, -0.2) is 12.8 Å². The highest BCUT2D eigenvalue weighted by atomic mass is 32.2. The highest BCUT2D eigenvalue weighted by Crippen LogP contribution is 2.09. The van der Waals surface area contributed by atoms with Gasteiger partial charge in [0.25, 0.3) is 0 Å². The fraction of sp³-hybridized carbons (Fsp3) is 0.455. The van der Waals surface area contributed by atoms with Gasteiger partial charge < -0.3 is 0 Å². The maximum atomic E-state index is 12.6. The highest BCUT2D eigenvalue weighted by Gasteiger charge is 2.17. The Balaban J connectivity index is 2.64. The van der Waals surface area contributed by atoms with Crippen molar-refractivity contribution in [2.75, 3.05) is 0 Å². The molecule has 1 N–H and O–H groups in total. The van der Waals surface area contributed by atoms with Gasteiger partial charge in [-0.05, 0) is 38.5 Å². The molecule has 1 rings (SSSR count). The smallest absolute Gasteiger partial charge is 0.237 e. The molecule has 96 valence electrons. The molecule has 0 spiro atoms. The van der Waals surface area contributed by atoms with Crippen molar-refractivity contribution in [1.29, 1.82) is 0 Å². The minimum Gasteiger partial charge on any atom is -0.281 e. The van der Waals surface area contributed by atoms with E-state index >= 15 is 0 Å². The summed E-state index contributed by atoms with van der Waals surface area (Å²) in [5.74, 6) is -0.645. The Kier molecular flexibility index (Phi) is 4.24. The lowest BCUT2D eigenvalue weighted by Crippen LogP contribution is -2.34. The summed E-state index contributed by atoms with van der Waals surface area (Å²) in [6.45, 7) is 5.19. The van der Waals surface area contributed by atoms with E-state index in [9.17, 15) is 12.8 Å². The van der Waals surface area contributed by atoms with Gasteiger partial charge in [0.15, 0.2) is 0 Å². The van der Waals surface area contributed by atoms with Crippen LogP contribution in [0.4, 0.5) is 4.39 Å². The van der Waals surface area contributed by atoms with Gasteiger partial charge >= 0.3 is 0 Å². The second kappa shape index (κ2) is 5.12. The topological polar surface area (TPSA) is 55.4 Å². The number of halogens is 1. The minimum absolute atomic E-state index is 0.247. The average molecular weight is 261 g/mol. The van der Waals surface area contributed by atoms with E-state index < -0.39 is 21.4 Å². The first-order valence-electron chi connectivity index (χ1n) is 5.10. The molecule has 0 saturated carbocycles. The molecule has 0 saturated heterocycles. The van der Waals surface area contributed by atoms with Crippen LogP contribution in [0.25, 0.3) is 0 Å². The third kappa shape index (κ3) is 5.76. The molecule has 0 fully saturated rings. The highest BCUT2D eigenvalue weighted by molar-refractivity contribution is 7.88. The van der Waals surface area contributed by atoms with E-state index in [2.05, 4.69) is 0 Å². The molecule has 0 bridgehead atoms. The van der Waals surface area contributed by atoms with E-state index in [1.54, 1.807) is 20.8 Å². The van der Waals surface area contributed by atoms with E-state index in [0.29, 0.717) is 5.56 Å². The lowest BCUT2D eigenvalue weighted by Gasteiger charge is -2.19. The zero-order valence-electron chi connectivity index (χ0n) is 10.0. The van der Waals surface area contributed by atoms with Crippen molar-refractivity contribution in [1.82, 2.24) is 4.89 Å². The van der Waals surface area contributed by atoms with Crippen LogP contribution >= 0.6 is 0 Å². The van der Waals surface area contributed by atoms with Crippen LogP contribution in [-0.2, 0) is 20.6 Å². The Bertz CT molecular complexity index is 462. The van der Waals surface area contributed by atoms with E-state index in [1.165, 1.54) is 24.3 Å². The number of sulfonamides is 1. The van der Waals surface area contributed by atoms with Gasteiger partial charge in [-0.1, -0.05) is 17.0 Å². The van der Waals surface area contributed by atoms with Crippen molar-refractivity contribution in [2.45, 2.75) is 32.1 Å². The zero-order chi connectivity index (χ0) is 13.1. The molecule has 0 aliphatic carbocycles. The third-order valence-electron chi connectivity index (χ3n) is 1.74. The summed E-state index contributed by atoms with van der Waals surface area (Å²) >= 11 is 0. The standard InChI is InChI=1S/C11H16FNO3S/c1-11(2,3)16-13-17(14,15)8-9-4-6-10(12)7-5-9/h4-7,13H,8H2,1-3H3. The molecular weight excluding hydrogens is 245 g/mol. The summed E-state index contributed by atoms with van der Waals surface area (Å²) in [5, 5.41) is 0. The first kappa shape index (κ1) is 14.1. The first-order valence-corrected chi connectivity index (χ1v) is 6.75. The van der Waals surface area contributed by atoms with E-state index in [1.807, 2.05) is 4.89 Å². The second-order valence-corrected chi connectivity index (χ2v) is 6.37. The van der Waals surface area contributed by atoms with Gasteiger partial charge in [0, 0.05) is 0 Å². The van der Waals surface area contributed by atoms with Crippen LogP contribution in [0.2, 0.25) is 0 Å². The average Bonchev–Trinajstić information content (AvgIpc) is 2.18. The predicted octanol–water partition coefficient (Wildman–Crippen LogP) is 1.98. The van der Waals surface area contributed by atoms with Crippen molar-refractivity contribution in [3.63, 3.8) is 0 Å². The van der Waals surface area contributed by atoms with Crippen LogP contribution in [0.3, 0.4) is 0 Å². The fourth-order valence-corrected chi connectivity index (χ4v) is 2.09. The summed E-state index contributed by atoms with van der Waals surface area (Å²) in [7, 11) is -3.58. The van der Waals surface area contributed by atoms with Crippen LogP contribution in [0, 0.1) is 5.82 Å². The van der Waals surface area contributed by atoms with Crippen molar-refractivity contribution in [3.8, 4) is 0 Å². The number of hydrogen-bond donors (Lipinski definition) is 1. The Morgan fingerprint density at radius 3 is 2.24 bits per heavy atom. The Hall–Kier alpha value is -0.980. The number of nitrogens with one attached hydrogen (secondary N) is 1. The zero-order valence-corrected chi connectivity index (χ0v) is 10.8. The summed E-state index contributed by atoms with van der Waals surface area (Å²) < 4.78 is 35.8. The largest absolute Gasteiger partial charge is 0.281 e. The molecule has 0 heterocycles. The normalized spacial score (nSPS) is 12.7. The van der Waals surface area contributed by atoms with Crippen molar-refractivity contribution in [2.24, 2.45) is 0 Å². The summed E-state index contributed by atoms with van der Waals surface area (Å²) in [4.78, 5) is 7.02. The maximum Gasteiger partial charge on any atom is 0.237 e. The number of benzene rings is 1.